The summed E-state index contributed by atoms with van der Waals surface area (Å²) in [6.45, 7) is 1.09. The van der Waals surface area contributed by atoms with Gasteiger partial charge in [-0.2, -0.15) is 0 Å². The Morgan fingerprint density at radius 2 is 2.07 bits per heavy atom. The van der Waals surface area contributed by atoms with Crippen molar-refractivity contribution in [3.8, 4) is 0 Å². The van der Waals surface area contributed by atoms with Gasteiger partial charge in [-0.1, -0.05) is 12.1 Å². The second-order valence-electron chi connectivity index (χ2n) is 3.52. The Labute approximate surface area is 86.3 Å². The van der Waals surface area contributed by atoms with Gasteiger partial charge in [0.1, 0.15) is 11.0 Å². The summed E-state index contributed by atoms with van der Waals surface area (Å²) in [6.07, 6.45) is 2.42. The zero-order chi connectivity index (χ0) is 9.97. The summed E-state index contributed by atoms with van der Waals surface area (Å²) in [5, 5.41) is 8.69. The molecule has 2 atom stereocenters. The number of rotatable bonds is 2. The van der Waals surface area contributed by atoms with E-state index in [1.165, 1.54) is 18.4 Å². The first-order chi connectivity index (χ1) is 6.77. The predicted octanol–water partition coefficient (Wildman–Crippen LogP) is 1.09. The molecule has 0 aromatic heterocycles. The molecular formula is C10H14N2OS. The van der Waals surface area contributed by atoms with Crippen LogP contribution >= 0.6 is 0 Å². The van der Waals surface area contributed by atoms with E-state index in [0.29, 0.717) is 10.9 Å². The molecule has 0 saturated carbocycles. The molecule has 0 spiro atoms. The van der Waals surface area contributed by atoms with Crippen LogP contribution in [-0.4, -0.2) is 10.8 Å². The molecule has 3 N–H and O–H groups in total. The number of nitrogens with one attached hydrogen (secondary N) is 1. The Morgan fingerprint density at radius 1 is 1.36 bits per heavy atom. The molecule has 76 valence electrons. The van der Waals surface area contributed by atoms with Crippen LogP contribution in [0.4, 0.5) is 0 Å². The fourth-order valence-corrected chi connectivity index (χ4v) is 2.21. The average molecular weight is 210 g/mol. The van der Waals surface area contributed by atoms with Crippen LogP contribution in [0.2, 0.25) is 0 Å². The molecule has 1 heterocycles. The minimum Gasteiger partial charge on any atom is -0.310 e. The second kappa shape index (κ2) is 4.21. The highest BCUT2D eigenvalue weighted by Crippen LogP contribution is 2.23. The van der Waals surface area contributed by atoms with Crippen LogP contribution in [0.25, 0.3) is 0 Å². The molecule has 14 heavy (non-hydrogen) atoms. The van der Waals surface area contributed by atoms with Gasteiger partial charge in [0.15, 0.2) is 0 Å². The summed E-state index contributed by atoms with van der Waals surface area (Å²) < 4.78 is 11.0. The molecule has 1 aliphatic heterocycles. The third-order valence-corrected chi connectivity index (χ3v) is 3.31. The fraction of sp³-hybridized carbons (Fsp3) is 0.400. The van der Waals surface area contributed by atoms with Crippen molar-refractivity contribution in [1.82, 2.24) is 5.32 Å². The van der Waals surface area contributed by atoms with Crippen LogP contribution in [0.3, 0.4) is 0 Å². The van der Waals surface area contributed by atoms with Gasteiger partial charge in [-0.05, 0) is 37.1 Å². The minimum atomic E-state index is -1.36. The smallest absolute Gasteiger partial charge is 0.122 e. The van der Waals surface area contributed by atoms with Crippen molar-refractivity contribution in [1.29, 1.82) is 0 Å². The zero-order valence-electron chi connectivity index (χ0n) is 7.90. The number of nitrogens with two attached hydrogens (primary N) is 1. The maximum atomic E-state index is 11.0. The fourth-order valence-electron chi connectivity index (χ4n) is 1.80. The maximum Gasteiger partial charge on any atom is 0.122 e. The maximum absolute atomic E-state index is 11.0. The summed E-state index contributed by atoms with van der Waals surface area (Å²) in [5.41, 5.74) is 1.26. The van der Waals surface area contributed by atoms with Gasteiger partial charge in [0, 0.05) is 6.04 Å². The molecule has 1 aliphatic rings. The van der Waals surface area contributed by atoms with Gasteiger partial charge in [0.25, 0.3) is 0 Å². The van der Waals surface area contributed by atoms with Gasteiger partial charge in [0.2, 0.25) is 0 Å². The lowest BCUT2D eigenvalue weighted by Crippen LogP contribution is -2.12. The van der Waals surface area contributed by atoms with Crippen molar-refractivity contribution in [3.05, 3.63) is 29.8 Å². The Bertz CT molecular complexity index is 330. The van der Waals surface area contributed by atoms with Crippen LogP contribution in [0.15, 0.2) is 29.2 Å². The molecule has 3 nitrogen and oxygen atoms in total. The highest BCUT2D eigenvalue weighted by molar-refractivity contribution is 7.82. The van der Waals surface area contributed by atoms with E-state index in [9.17, 15) is 4.21 Å². The summed E-state index contributed by atoms with van der Waals surface area (Å²) in [5.74, 6) is 0. The van der Waals surface area contributed by atoms with Crippen molar-refractivity contribution in [2.75, 3.05) is 6.54 Å². The first-order valence-electron chi connectivity index (χ1n) is 4.77. The van der Waals surface area contributed by atoms with E-state index in [1.807, 2.05) is 24.3 Å². The normalized spacial score (nSPS) is 23.6. The Hall–Kier alpha value is -0.710. The minimum absolute atomic E-state index is 0.468. The monoisotopic (exact) mass is 210 g/mol. The number of benzene rings is 1. The van der Waals surface area contributed by atoms with E-state index in [1.54, 1.807) is 0 Å². The summed E-state index contributed by atoms with van der Waals surface area (Å²) >= 11 is 0. The van der Waals surface area contributed by atoms with Crippen LogP contribution in [-0.2, 0) is 11.0 Å². The highest BCUT2D eigenvalue weighted by Gasteiger charge is 2.15. The highest BCUT2D eigenvalue weighted by atomic mass is 32.2. The quantitative estimate of drug-likeness (QED) is 0.767. The van der Waals surface area contributed by atoms with Gasteiger partial charge in [-0.25, -0.2) is 9.35 Å². The van der Waals surface area contributed by atoms with E-state index in [4.69, 9.17) is 5.14 Å². The summed E-state index contributed by atoms with van der Waals surface area (Å²) in [4.78, 5) is 0.687. The first-order valence-corrected chi connectivity index (χ1v) is 5.98. The van der Waals surface area contributed by atoms with E-state index in [-0.39, 0.29) is 0 Å². The van der Waals surface area contributed by atoms with Gasteiger partial charge in [0.05, 0.1) is 4.90 Å². The molecule has 1 fully saturated rings. The molecule has 2 unspecified atom stereocenters. The molecule has 1 saturated heterocycles. The third kappa shape index (κ3) is 2.03. The van der Waals surface area contributed by atoms with Crippen molar-refractivity contribution < 1.29 is 4.21 Å². The van der Waals surface area contributed by atoms with Gasteiger partial charge in [-0.15, -0.1) is 0 Å². The zero-order valence-corrected chi connectivity index (χ0v) is 8.72. The van der Waals surface area contributed by atoms with Crippen molar-refractivity contribution in [2.45, 2.75) is 23.8 Å². The molecule has 0 bridgehead atoms. The molecule has 0 aliphatic carbocycles. The van der Waals surface area contributed by atoms with E-state index < -0.39 is 11.0 Å². The first kappa shape index (κ1) is 9.83. The van der Waals surface area contributed by atoms with Gasteiger partial charge >= 0.3 is 0 Å². The van der Waals surface area contributed by atoms with E-state index >= 15 is 0 Å². The van der Waals surface area contributed by atoms with Crippen molar-refractivity contribution in [2.24, 2.45) is 5.14 Å². The van der Waals surface area contributed by atoms with Crippen LogP contribution in [0, 0.1) is 0 Å². The topological polar surface area (TPSA) is 55.1 Å². The Morgan fingerprint density at radius 3 is 2.57 bits per heavy atom. The van der Waals surface area contributed by atoms with E-state index in [2.05, 4.69) is 5.32 Å². The largest absolute Gasteiger partial charge is 0.310 e. The van der Waals surface area contributed by atoms with Crippen molar-refractivity contribution >= 4 is 11.0 Å². The summed E-state index contributed by atoms with van der Waals surface area (Å²) in [6, 6.07) is 8.15. The van der Waals surface area contributed by atoms with Gasteiger partial charge < -0.3 is 5.32 Å². The lowest BCUT2D eigenvalue weighted by atomic mass is 10.1. The molecule has 0 amide bonds. The molecule has 1 aromatic rings. The van der Waals surface area contributed by atoms with Crippen LogP contribution in [0.1, 0.15) is 24.4 Å². The van der Waals surface area contributed by atoms with E-state index in [0.717, 1.165) is 6.54 Å². The molecule has 1 aromatic carbocycles. The van der Waals surface area contributed by atoms with Crippen molar-refractivity contribution in [3.63, 3.8) is 0 Å². The number of hydrogen-bond donors (Lipinski definition) is 2. The molecular weight excluding hydrogens is 196 g/mol. The van der Waals surface area contributed by atoms with Crippen LogP contribution < -0.4 is 10.5 Å². The standard InChI is InChI=1S/C10H14N2OS/c11-14(13)9-5-3-8(4-6-9)10-2-1-7-12-10/h3-6,10,12H,1-2,7,11H2. The number of hydrogen-bond acceptors (Lipinski definition) is 2. The SMILES string of the molecule is NS(=O)c1ccc(C2CCCN2)cc1. The molecule has 4 heteroatoms. The lowest BCUT2D eigenvalue weighted by molar-refractivity contribution is 0.647. The molecule has 0 radical (unpaired) electrons. The average Bonchev–Trinajstić information content (AvgIpc) is 2.71. The second-order valence-corrected chi connectivity index (χ2v) is 4.58. The van der Waals surface area contributed by atoms with Crippen LogP contribution in [0.5, 0.6) is 0 Å². The Kier molecular flexibility index (Phi) is 2.96. The predicted molar refractivity (Wildman–Crippen MR) is 57.0 cm³/mol. The molecule has 2 rings (SSSR count). The Balaban J connectivity index is 2.16. The summed E-state index contributed by atoms with van der Waals surface area (Å²) in [7, 11) is -1.36. The third-order valence-electron chi connectivity index (χ3n) is 2.58. The lowest BCUT2D eigenvalue weighted by Gasteiger charge is -2.10. The van der Waals surface area contributed by atoms with Gasteiger partial charge in [-0.3, -0.25) is 0 Å².